The lowest BCUT2D eigenvalue weighted by Crippen LogP contribution is -2.37. The Bertz CT molecular complexity index is 874. The van der Waals surface area contributed by atoms with Gasteiger partial charge < -0.3 is 19.7 Å². The SMILES string of the molecule is COC(=O)c1cc(NC(=O)/C=C/c2ccc(Cl)cc2)ccc1N1CCOCC1. The summed E-state index contributed by atoms with van der Waals surface area (Å²) in [7, 11) is 1.34. The number of carbonyl (C=O) groups excluding carboxylic acids is 2. The lowest BCUT2D eigenvalue weighted by Gasteiger charge is -2.30. The van der Waals surface area contributed by atoms with Crippen LogP contribution in [-0.4, -0.2) is 45.3 Å². The van der Waals surface area contributed by atoms with Gasteiger partial charge in [0.1, 0.15) is 0 Å². The van der Waals surface area contributed by atoms with E-state index < -0.39 is 5.97 Å². The topological polar surface area (TPSA) is 67.9 Å². The van der Waals surface area contributed by atoms with Crippen LogP contribution in [0.25, 0.3) is 6.08 Å². The van der Waals surface area contributed by atoms with Crippen LogP contribution >= 0.6 is 11.6 Å². The van der Waals surface area contributed by atoms with Crippen molar-refractivity contribution in [2.24, 2.45) is 0 Å². The van der Waals surface area contributed by atoms with Gasteiger partial charge in [-0.25, -0.2) is 4.79 Å². The normalized spacial score (nSPS) is 14.1. The third kappa shape index (κ3) is 5.12. The molecule has 1 aliphatic rings. The molecule has 28 heavy (non-hydrogen) atoms. The van der Waals surface area contributed by atoms with Gasteiger partial charge in [-0.2, -0.15) is 0 Å². The Morgan fingerprint density at radius 2 is 1.86 bits per heavy atom. The molecule has 0 atom stereocenters. The van der Waals surface area contributed by atoms with E-state index in [1.807, 2.05) is 18.2 Å². The molecule has 2 aromatic carbocycles. The number of halogens is 1. The molecular weight excluding hydrogens is 380 g/mol. The molecule has 1 N–H and O–H groups in total. The van der Waals surface area contributed by atoms with Crippen LogP contribution in [0.15, 0.2) is 48.5 Å². The standard InChI is InChI=1S/C21H21ClN2O4/c1-27-21(26)18-14-17(7-8-19(18)24-10-12-28-13-11-24)23-20(25)9-4-15-2-5-16(22)6-3-15/h2-9,14H,10-13H2,1H3,(H,23,25)/b9-4+. The summed E-state index contributed by atoms with van der Waals surface area (Å²) in [4.78, 5) is 26.5. The van der Waals surface area contributed by atoms with Crippen molar-refractivity contribution in [3.63, 3.8) is 0 Å². The number of ether oxygens (including phenoxy) is 2. The molecule has 1 saturated heterocycles. The quantitative estimate of drug-likeness (QED) is 0.613. The Balaban J connectivity index is 1.75. The molecule has 0 aromatic heterocycles. The number of hydrogen-bond donors (Lipinski definition) is 1. The van der Waals surface area contributed by atoms with Gasteiger partial charge in [0.15, 0.2) is 0 Å². The maximum absolute atomic E-state index is 12.2. The van der Waals surface area contributed by atoms with E-state index in [1.54, 1.807) is 30.3 Å². The highest BCUT2D eigenvalue weighted by atomic mass is 35.5. The summed E-state index contributed by atoms with van der Waals surface area (Å²) in [6.07, 6.45) is 3.12. The highest BCUT2D eigenvalue weighted by Gasteiger charge is 2.20. The molecule has 0 unspecified atom stereocenters. The maximum Gasteiger partial charge on any atom is 0.340 e. The zero-order valence-electron chi connectivity index (χ0n) is 15.5. The molecule has 1 heterocycles. The fourth-order valence-corrected chi connectivity index (χ4v) is 3.02. The summed E-state index contributed by atoms with van der Waals surface area (Å²) in [5.41, 5.74) is 2.55. The molecule has 6 nitrogen and oxygen atoms in total. The number of nitrogens with one attached hydrogen (secondary N) is 1. The fraction of sp³-hybridized carbons (Fsp3) is 0.238. The summed E-state index contributed by atoms with van der Waals surface area (Å²) < 4.78 is 10.3. The first-order valence-corrected chi connectivity index (χ1v) is 9.24. The highest BCUT2D eigenvalue weighted by molar-refractivity contribution is 6.30. The van der Waals surface area contributed by atoms with Crippen molar-refractivity contribution in [1.82, 2.24) is 0 Å². The van der Waals surface area contributed by atoms with Crippen LogP contribution in [0.5, 0.6) is 0 Å². The summed E-state index contributed by atoms with van der Waals surface area (Å²) in [5, 5.41) is 3.41. The predicted octanol–water partition coefficient (Wildman–Crippen LogP) is 3.62. The van der Waals surface area contributed by atoms with Crippen LogP contribution in [0.4, 0.5) is 11.4 Å². The number of esters is 1. The van der Waals surface area contributed by atoms with E-state index in [0.717, 1.165) is 11.3 Å². The third-order valence-corrected chi connectivity index (χ3v) is 4.57. The van der Waals surface area contributed by atoms with Crippen molar-refractivity contribution in [2.75, 3.05) is 43.6 Å². The molecule has 146 valence electrons. The van der Waals surface area contributed by atoms with Crippen molar-refractivity contribution in [3.05, 3.63) is 64.7 Å². The van der Waals surface area contributed by atoms with Gasteiger partial charge in [0, 0.05) is 29.9 Å². The number of benzene rings is 2. The number of anilines is 2. The Labute approximate surface area is 168 Å². The molecule has 3 rings (SSSR count). The molecule has 0 saturated carbocycles. The summed E-state index contributed by atoms with van der Waals surface area (Å²) in [5.74, 6) is -0.751. The first-order valence-electron chi connectivity index (χ1n) is 8.86. The van der Waals surface area contributed by atoms with Crippen molar-refractivity contribution in [2.45, 2.75) is 0 Å². The predicted molar refractivity (Wildman–Crippen MR) is 110 cm³/mol. The van der Waals surface area contributed by atoms with Gasteiger partial charge in [0.2, 0.25) is 5.91 Å². The highest BCUT2D eigenvalue weighted by Crippen LogP contribution is 2.26. The van der Waals surface area contributed by atoms with Gasteiger partial charge >= 0.3 is 5.97 Å². The minimum atomic E-state index is -0.450. The second-order valence-corrected chi connectivity index (χ2v) is 6.63. The van der Waals surface area contributed by atoms with Gasteiger partial charge in [0.25, 0.3) is 0 Å². The first kappa shape index (κ1) is 19.9. The summed E-state index contributed by atoms with van der Waals surface area (Å²) in [6, 6.07) is 12.4. The van der Waals surface area contributed by atoms with E-state index >= 15 is 0 Å². The number of methoxy groups -OCH3 is 1. The molecule has 1 fully saturated rings. The summed E-state index contributed by atoms with van der Waals surface area (Å²) in [6.45, 7) is 2.60. The monoisotopic (exact) mass is 400 g/mol. The molecule has 0 bridgehead atoms. The van der Waals surface area contributed by atoms with Crippen LogP contribution < -0.4 is 10.2 Å². The van der Waals surface area contributed by atoms with Crippen LogP contribution in [0, 0.1) is 0 Å². The van der Waals surface area contributed by atoms with Crippen molar-refractivity contribution in [3.8, 4) is 0 Å². The van der Waals surface area contributed by atoms with Crippen molar-refractivity contribution >= 4 is 40.9 Å². The van der Waals surface area contributed by atoms with E-state index in [1.165, 1.54) is 13.2 Å². The number of hydrogen-bond acceptors (Lipinski definition) is 5. The molecule has 2 aromatic rings. The van der Waals surface area contributed by atoms with Crippen molar-refractivity contribution in [1.29, 1.82) is 0 Å². The number of morpholine rings is 1. The third-order valence-electron chi connectivity index (χ3n) is 4.32. The van der Waals surface area contributed by atoms with Crippen molar-refractivity contribution < 1.29 is 19.1 Å². The lowest BCUT2D eigenvalue weighted by atomic mass is 10.1. The van der Waals surface area contributed by atoms with E-state index in [4.69, 9.17) is 21.1 Å². The average molecular weight is 401 g/mol. The zero-order chi connectivity index (χ0) is 19.9. The first-order chi connectivity index (χ1) is 13.6. The number of rotatable bonds is 5. The second kappa shape index (κ2) is 9.39. The second-order valence-electron chi connectivity index (χ2n) is 6.20. The Hall–Kier alpha value is -2.83. The molecule has 0 aliphatic carbocycles. The molecule has 0 radical (unpaired) electrons. The van der Waals surface area contributed by atoms with Gasteiger partial charge in [-0.05, 0) is 42.0 Å². The van der Waals surface area contributed by atoms with Gasteiger partial charge in [-0.1, -0.05) is 23.7 Å². The largest absolute Gasteiger partial charge is 0.465 e. The van der Waals surface area contributed by atoms with E-state index in [-0.39, 0.29) is 5.91 Å². The average Bonchev–Trinajstić information content (AvgIpc) is 2.73. The van der Waals surface area contributed by atoms with Gasteiger partial charge in [-0.3, -0.25) is 4.79 Å². The molecule has 0 spiro atoms. The molecule has 1 amide bonds. The maximum atomic E-state index is 12.2. The molecule has 7 heteroatoms. The van der Waals surface area contributed by atoms with E-state index in [9.17, 15) is 9.59 Å². The Kier molecular flexibility index (Phi) is 6.68. The number of amides is 1. The minimum absolute atomic E-state index is 0.301. The summed E-state index contributed by atoms with van der Waals surface area (Å²) >= 11 is 5.85. The molecular formula is C21H21ClN2O4. The molecule has 1 aliphatic heterocycles. The van der Waals surface area contributed by atoms with E-state index in [0.29, 0.717) is 42.6 Å². The van der Waals surface area contributed by atoms with Crippen LogP contribution in [0.3, 0.4) is 0 Å². The van der Waals surface area contributed by atoms with Crippen LogP contribution in [0.2, 0.25) is 5.02 Å². The lowest BCUT2D eigenvalue weighted by molar-refractivity contribution is -0.111. The smallest absolute Gasteiger partial charge is 0.340 e. The van der Waals surface area contributed by atoms with Gasteiger partial charge in [-0.15, -0.1) is 0 Å². The zero-order valence-corrected chi connectivity index (χ0v) is 16.2. The fourth-order valence-electron chi connectivity index (χ4n) is 2.90. The van der Waals surface area contributed by atoms with E-state index in [2.05, 4.69) is 10.2 Å². The number of nitrogens with zero attached hydrogens (tertiary/aromatic N) is 1. The van der Waals surface area contributed by atoms with Gasteiger partial charge in [0.05, 0.1) is 31.6 Å². The number of carbonyl (C=O) groups is 2. The Morgan fingerprint density at radius 1 is 1.14 bits per heavy atom. The Morgan fingerprint density at radius 3 is 2.54 bits per heavy atom. The van der Waals surface area contributed by atoms with Crippen LogP contribution in [-0.2, 0) is 14.3 Å². The minimum Gasteiger partial charge on any atom is -0.465 e. The van der Waals surface area contributed by atoms with Crippen LogP contribution in [0.1, 0.15) is 15.9 Å².